The van der Waals surface area contributed by atoms with Crippen LogP contribution in [0.25, 0.3) is 0 Å². The van der Waals surface area contributed by atoms with Gasteiger partial charge >= 0.3 is 14.1 Å². The Kier molecular flexibility index (Phi) is 7.58. The highest BCUT2D eigenvalue weighted by molar-refractivity contribution is 6.41. The second-order valence-electron chi connectivity index (χ2n) is 12.5. The average molecular weight is 556 g/mol. The predicted molar refractivity (Wildman–Crippen MR) is 170 cm³/mol. The Morgan fingerprint density at radius 2 is 0.786 bits per heavy atom. The number of fused-ring (bicyclic) bond motifs is 2. The predicted octanol–water partition coefficient (Wildman–Crippen LogP) is 4.25. The lowest BCUT2D eigenvalue weighted by atomic mass is 9.79. The molecule has 2 N–H and O–H groups in total. The van der Waals surface area contributed by atoms with Crippen molar-refractivity contribution in [3.05, 3.63) is 144 Å². The van der Waals surface area contributed by atoms with Crippen molar-refractivity contribution in [2.75, 3.05) is 13.1 Å². The first-order chi connectivity index (χ1) is 20.6. The van der Waals surface area contributed by atoms with Crippen molar-refractivity contribution in [2.24, 2.45) is 0 Å². The third-order valence-corrected chi connectivity index (χ3v) is 10.4. The molecule has 4 saturated heterocycles. The van der Waals surface area contributed by atoms with Gasteiger partial charge in [-0.1, -0.05) is 121 Å². The fourth-order valence-corrected chi connectivity index (χ4v) is 8.67. The van der Waals surface area contributed by atoms with E-state index in [-0.39, 0.29) is 25.3 Å². The summed E-state index contributed by atoms with van der Waals surface area (Å²) in [4.78, 5) is 3.23. The molecule has 0 saturated carbocycles. The van der Waals surface area contributed by atoms with Gasteiger partial charge in [-0.05, 0) is 22.3 Å². The molecule has 4 heterocycles. The number of hydrogen-bond donors (Lipinski definition) is 2. The molecule has 4 aliphatic rings. The Bertz CT molecular complexity index is 1270. The molecule has 4 aromatic carbocycles. The van der Waals surface area contributed by atoms with Gasteiger partial charge in [0.1, 0.15) is 12.1 Å². The highest BCUT2D eigenvalue weighted by atomic mass is 16.5. The molecule has 0 amide bonds. The van der Waals surface area contributed by atoms with Crippen LogP contribution < -0.4 is 9.62 Å². The summed E-state index contributed by atoms with van der Waals surface area (Å²) in [5.74, 6) is 0. The second-order valence-corrected chi connectivity index (χ2v) is 12.5. The molecule has 4 nitrogen and oxygen atoms in total. The zero-order valence-electron chi connectivity index (χ0n) is 24.9. The summed E-state index contributed by atoms with van der Waals surface area (Å²) in [7, 11) is 0.524. The summed E-state index contributed by atoms with van der Waals surface area (Å²) in [5.41, 5.74) is 4.62. The largest absolute Gasteiger partial charge is 0.570 e. The Hall–Kier alpha value is -3.15. The lowest BCUT2D eigenvalue weighted by molar-refractivity contribution is -0.800. The van der Waals surface area contributed by atoms with Gasteiger partial charge in [-0.15, -0.1) is 0 Å². The minimum absolute atomic E-state index is 0.262. The molecular formula is C36H42B2N2O2+2. The molecule has 2 unspecified atom stereocenters. The van der Waals surface area contributed by atoms with Gasteiger partial charge in [-0.2, -0.15) is 0 Å². The van der Waals surface area contributed by atoms with Crippen LogP contribution in [0.1, 0.15) is 47.9 Å². The average Bonchev–Trinajstić information content (AvgIpc) is 3.84. The monoisotopic (exact) mass is 556 g/mol. The first-order valence-corrected chi connectivity index (χ1v) is 15.9. The van der Waals surface area contributed by atoms with Crippen LogP contribution in [0.2, 0.25) is 13.6 Å². The third kappa shape index (κ3) is 4.48. The van der Waals surface area contributed by atoms with Gasteiger partial charge in [0.25, 0.3) is 0 Å². The molecular weight excluding hydrogens is 514 g/mol. The molecule has 4 aromatic rings. The fraction of sp³-hybridized carbons (Fsp3) is 0.333. The third-order valence-electron chi connectivity index (χ3n) is 10.4. The van der Waals surface area contributed by atoms with Gasteiger partial charge in [-0.25, -0.2) is 0 Å². The van der Waals surface area contributed by atoms with Crippen molar-refractivity contribution < 1.29 is 18.9 Å². The summed E-state index contributed by atoms with van der Waals surface area (Å²) < 4.78 is 13.3. The van der Waals surface area contributed by atoms with E-state index in [4.69, 9.17) is 9.31 Å². The minimum Gasteiger partial charge on any atom is -0.373 e. The highest BCUT2D eigenvalue weighted by Crippen LogP contribution is 2.43. The van der Waals surface area contributed by atoms with Crippen molar-refractivity contribution in [3.8, 4) is 0 Å². The zero-order chi connectivity index (χ0) is 28.6. The van der Waals surface area contributed by atoms with Crippen LogP contribution in [-0.4, -0.2) is 39.3 Å². The van der Waals surface area contributed by atoms with Crippen molar-refractivity contribution in [1.29, 1.82) is 0 Å². The molecule has 0 aliphatic carbocycles. The summed E-state index contributed by atoms with van der Waals surface area (Å²) in [6, 6.07) is 44.2. The van der Waals surface area contributed by atoms with Gasteiger partial charge in [0.2, 0.25) is 0 Å². The molecule has 0 aromatic heterocycles. The number of hydrogen-bond acceptors (Lipinski definition) is 2. The first-order valence-electron chi connectivity index (χ1n) is 15.9. The molecule has 0 spiro atoms. The van der Waals surface area contributed by atoms with Crippen LogP contribution in [-0.2, 0) is 20.5 Å². The molecule has 4 aliphatic heterocycles. The zero-order valence-corrected chi connectivity index (χ0v) is 24.9. The number of benzene rings is 4. The SMILES string of the molecule is CB1OC(c2ccccc2)(c2ccccc2)[C@@H]2CCC[NH+]12.CB1OC(c2ccccc2)(c2ccccc2)[C@H]2CCC[NH+]12. The van der Waals surface area contributed by atoms with Crippen molar-refractivity contribution in [1.82, 2.24) is 0 Å². The van der Waals surface area contributed by atoms with E-state index in [0.717, 1.165) is 0 Å². The molecule has 6 heteroatoms. The normalized spacial score (nSPS) is 26.8. The van der Waals surface area contributed by atoms with Crippen molar-refractivity contribution in [3.63, 3.8) is 0 Å². The van der Waals surface area contributed by atoms with Gasteiger partial charge in [0, 0.05) is 39.3 Å². The second kappa shape index (κ2) is 11.5. The Labute approximate surface area is 251 Å². The van der Waals surface area contributed by atoms with Crippen LogP contribution in [0.4, 0.5) is 0 Å². The summed E-state index contributed by atoms with van der Waals surface area (Å²) in [6.07, 6.45) is 5.08. The van der Waals surface area contributed by atoms with E-state index < -0.39 is 0 Å². The molecule has 212 valence electrons. The Morgan fingerprint density at radius 1 is 0.500 bits per heavy atom. The van der Waals surface area contributed by atoms with Gasteiger partial charge in [0.05, 0.1) is 13.1 Å². The van der Waals surface area contributed by atoms with E-state index in [2.05, 4.69) is 135 Å². The molecule has 4 fully saturated rings. The quantitative estimate of drug-likeness (QED) is 0.368. The molecule has 42 heavy (non-hydrogen) atoms. The number of rotatable bonds is 4. The summed E-state index contributed by atoms with van der Waals surface area (Å²) in [5, 5.41) is 0. The van der Waals surface area contributed by atoms with E-state index in [9.17, 15) is 0 Å². The molecule has 0 radical (unpaired) electrons. The summed E-state index contributed by atoms with van der Waals surface area (Å²) in [6.45, 7) is 6.91. The lowest BCUT2D eigenvalue weighted by Gasteiger charge is -2.33. The summed E-state index contributed by atoms with van der Waals surface area (Å²) >= 11 is 0. The van der Waals surface area contributed by atoms with E-state index in [0.29, 0.717) is 12.1 Å². The maximum atomic E-state index is 6.65. The van der Waals surface area contributed by atoms with Crippen molar-refractivity contribution in [2.45, 2.75) is 62.6 Å². The Morgan fingerprint density at radius 3 is 1.07 bits per heavy atom. The van der Waals surface area contributed by atoms with E-state index >= 15 is 0 Å². The topological polar surface area (TPSA) is 27.3 Å². The van der Waals surface area contributed by atoms with Crippen LogP contribution in [0.5, 0.6) is 0 Å². The maximum absolute atomic E-state index is 6.65. The van der Waals surface area contributed by atoms with Gasteiger partial charge in [-0.3, -0.25) is 0 Å². The smallest absolute Gasteiger partial charge is 0.373 e. The van der Waals surface area contributed by atoms with E-state index in [1.54, 1.807) is 9.62 Å². The Balaban J connectivity index is 0.000000137. The van der Waals surface area contributed by atoms with Crippen LogP contribution in [0, 0.1) is 0 Å². The highest BCUT2D eigenvalue weighted by Gasteiger charge is 2.62. The maximum Gasteiger partial charge on any atom is 0.570 e. The molecule has 8 rings (SSSR count). The van der Waals surface area contributed by atoms with E-state index in [1.165, 1.54) is 61.0 Å². The van der Waals surface area contributed by atoms with Gasteiger partial charge < -0.3 is 18.9 Å². The van der Waals surface area contributed by atoms with Crippen LogP contribution in [0.3, 0.4) is 0 Å². The van der Waals surface area contributed by atoms with Gasteiger partial charge in [0.15, 0.2) is 11.2 Å². The molecule has 4 atom stereocenters. The fourth-order valence-electron chi connectivity index (χ4n) is 8.67. The molecule has 0 bridgehead atoms. The first kappa shape index (κ1) is 27.7. The van der Waals surface area contributed by atoms with E-state index in [1.807, 2.05) is 0 Å². The lowest BCUT2D eigenvalue weighted by Crippen LogP contribution is -3.17. The van der Waals surface area contributed by atoms with Crippen LogP contribution in [0.15, 0.2) is 121 Å². The number of quaternary nitrogens is 2. The van der Waals surface area contributed by atoms with Crippen LogP contribution >= 0.6 is 0 Å². The number of nitrogens with one attached hydrogen (secondary N) is 2. The van der Waals surface area contributed by atoms with Crippen molar-refractivity contribution >= 4 is 14.1 Å². The minimum atomic E-state index is -0.284. The standard InChI is InChI=1S/2C18H20BNO/c2*1-19-20-14-8-13-17(20)18(21-19,15-9-4-2-5-10-15)16-11-6-3-7-12-16/h2*2-7,9-12,17H,8,13-14H2,1H3/p+2/t2*17-/m10/s1.